The van der Waals surface area contributed by atoms with E-state index < -0.39 is 39.5 Å². The molecule has 1 N–H and O–H groups in total. The molecule has 3 aromatic carbocycles. The van der Waals surface area contributed by atoms with Crippen molar-refractivity contribution in [1.29, 1.82) is 0 Å². The first-order chi connectivity index (χ1) is 21.2. The molecule has 0 bridgehead atoms. The SMILES string of the molecule is CNC(=O)c1c(-c2ccc(Oc3ccc(F)cc3)cc2)oc2cc3c(cc12)C(C)OC(COC(=O)C(C)(C)C)CN3S(C)(=O)=O. The fraction of sp³-hybridized carbons (Fsp3) is 0.333. The third-order valence-electron chi connectivity index (χ3n) is 7.34. The second kappa shape index (κ2) is 12.2. The quantitative estimate of drug-likeness (QED) is 0.237. The highest BCUT2D eigenvalue weighted by Gasteiger charge is 2.35. The van der Waals surface area contributed by atoms with Crippen LogP contribution in [-0.4, -0.2) is 52.9 Å². The van der Waals surface area contributed by atoms with E-state index in [2.05, 4.69) is 5.32 Å². The summed E-state index contributed by atoms with van der Waals surface area (Å²) in [5.41, 5.74) is 1.28. The van der Waals surface area contributed by atoms with E-state index in [4.69, 9.17) is 18.6 Å². The monoisotopic (exact) mass is 638 g/mol. The first kappa shape index (κ1) is 32.0. The molecule has 1 aliphatic heterocycles. The average molecular weight is 639 g/mol. The van der Waals surface area contributed by atoms with E-state index >= 15 is 0 Å². The van der Waals surface area contributed by atoms with Crippen LogP contribution in [0.5, 0.6) is 11.5 Å². The summed E-state index contributed by atoms with van der Waals surface area (Å²) >= 11 is 0. The molecule has 0 saturated carbocycles. The zero-order valence-corrected chi connectivity index (χ0v) is 26.7. The molecule has 12 heteroatoms. The molecule has 10 nitrogen and oxygen atoms in total. The minimum absolute atomic E-state index is 0.0928. The zero-order chi connectivity index (χ0) is 32.7. The Balaban J connectivity index is 1.54. The van der Waals surface area contributed by atoms with E-state index in [1.807, 2.05) is 0 Å². The molecule has 2 atom stereocenters. The van der Waals surface area contributed by atoms with Crippen LogP contribution in [0.3, 0.4) is 0 Å². The molecule has 1 aliphatic rings. The molecular weight excluding hydrogens is 603 g/mol. The summed E-state index contributed by atoms with van der Waals surface area (Å²) in [4.78, 5) is 25.6. The van der Waals surface area contributed by atoms with Gasteiger partial charge < -0.3 is 23.9 Å². The molecule has 1 aromatic heterocycles. The third-order valence-corrected chi connectivity index (χ3v) is 8.49. The Hall–Kier alpha value is -4.42. The van der Waals surface area contributed by atoms with Gasteiger partial charge in [0.1, 0.15) is 41.4 Å². The molecular formula is C33H35FN2O8S. The number of esters is 1. The van der Waals surface area contributed by atoms with Crippen molar-refractivity contribution in [3.63, 3.8) is 0 Å². The number of sulfonamides is 1. The highest BCUT2D eigenvalue weighted by molar-refractivity contribution is 7.92. The number of fused-ring (bicyclic) bond motifs is 2. The molecule has 2 unspecified atom stereocenters. The highest BCUT2D eigenvalue weighted by atomic mass is 32.2. The van der Waals surface area contributed by atoms with E-state index in [0.29, 0.717) is 39.3 Å². The summed E-state index contributed by atoms with van der Waals surface area (Å²) in [6.07, 6.45) is -0.272. The Bertz CT molecular complexity index is 1840. The smallest absolute Gasteiger partial charge is 0.311 e. The summed E-state index contributed by atoms with van der Waals surface area (Å²) in [7, 11) is -2.30. The van der Waals surface area contributed by atoms with Gasteiger partial charge in [-0.05, 0) is 82.3 Å². The first-order valence-corrected chi connectivity index (χ1v) is 16.2. The van der Waals surface area contributed by atoms with Gasteiger partial charge in [0, 0.05) is 29.6 Å². The standard InChI is InChI=1S/C33H35FN2O8S/c1-19-25-15-26-28(16-27(25)36(45(6,39)40)17-24(42-19)18-41-32(38)33(2,3)4)44-30(29(26)31(37)35-5)20-7-11-22(12-8-20)43-23-13-9-21(34)10-14-23/h7-16,19,24H,17-18H2,1-6H3,(H,35,37). The summed E-state index contributed by atoms with van der Waals surface area (Å²) < 4.78 is 64.3. The van der Waals surface area contributed by atoms with Crippen molar-refractivity contribution in [2.24, 2.45) is 5.41 Å². The fourth-order valence-electron chi connectivity index (χ4n) is 5.04. The lowest BCUT2D eigenvalue weighted by molar-refractivity contribution is -0.158. The van der Waals surface area contributed by atoms with Crippen molar-refractivity contribution < 1.29 is 41.0 Å². The molecule has 0 saturated heterocycles. The number of nitrogens with zero attached hydrogens (tertiary/aromatic N) is 1. The van der Waals surface area contributed by atoms with Gasteiger partial charge in [0.05, 0.1) is 35.6 Å². The number of rotatable bonds is 7. The van der Waals surface area contributed by atoms with Crippen LogP contribution in [0.15, 0.2) is 65.1 Å². The Kier molecular flexibility index (Phi) is 8.65. The number of halogens is 1. The fourth-order valence-corrected chi connectivity index (χ4v) is 5.99. The van der Waals surface area contributed by atoms with E-state index in [9.17, 15) is 22.4 Å². The molecule has 4 aromatic rings. The van der Waals surface area contributed by atoms with Crippen LogP contribution in [0, 0.1) is 11.2 Å². The van der Waals surface area contributed by atoms with Crippen molar-refractivity contribution in [3.8, 4) is 22.8 Å². The average Bonchev–Trinajstić information content (AvgIpc) is 3.29. The zero-order valence-electron chi connectivity index (χ0n) is 25.8. The first-order valence-electron chi connectivity index (χ1n) is 14.3. The highest BCUT2D eigenvalue weighted by Crippen LogP contribution is 2.42. The topological polar surface area (TPSA) is 124 Å². The molecule has 238 valence electrons. The lowest BCUT2D eigenvalue weighted by atomic mass is 9.97. The van der Waals surface area contributed by atoms with Crippen molar-refractivity contribution >= 4 is 38.6 Å². The summed E-state index contributed by atoms with van der Waals surface area (Å²) in [6, 6.07) is 15.8. The number of carbonyl (C=O) groups is 2. The second-order valence-electron chi connectivity index (χ2n) is 11.9. The predicted molar refractivity (Wildman–Crippen MR) is 167 cm³/mol. The lowest BCUT2D eigenvalue weighted by Gasteiger charge is -2.25. The van der Waals surface area contributed by atoms with Crippen molar-refractivity contribution in [3.05, 3.63) is 77.6 Å². The number of hydrogen-bond acceptors (Lipinski definition) is 8. The summed E-state index contributed by atoms with van der Waals surface area (Å²) in [6.45, 7) is 6.74. The van der Waals surface area contributed by atoms with Gasteiger partial charge in [-0.2, -0.15) is 0 Å². The number of ether oxygens (including phenoxy) is 3. The van der Waals surface area contributed by atoms with Crippen LogP contribution in [0.2, 0.25) is 0 Å². The van der Waals surface area contributed by atoms with Crippen LogP contribution < -0.4 is 14.4 Å². The Morgan fingerprint density at radius 3 is 2.24 bits per heavy atom. The number of furan rings is 1. The molecule has 2 heterocycles. The van der Waals surface area contributed by atoms with Gasteiger partial charge in [-0.25, -0.2) is 12.8 Å². The maximum atomic E-state index is 13.3. The van der Waals surface area contributed by atoms with Gasteiger partial charge in [0.2, 0.25) is 10.0 Å². The van der Waals surface area contributed by atoms with Crippen molar-refractivity contribution in [2.45, 2.75) is 39.9 Å². The lowest BCUT2D eigenvalue weighted by Crippen LogP contribution is -2.39. The van der Waals surface area contributed by atoms with Crippen LogP contribution >= 0.6 is 0 Å². The van der Waals surface area contributed by atoms with Gasteiger partial charge in [-0.1, -0.05) is 0 Å². The number of hydrogen-bond donors (Lipinski definition) is 1. The molecule has 1 amide bonds. The van der Waals surface area contributed by atoms with Crippen LogP contribution in [0.1, 0.15) is 49.7 Å². The Morgan fingerprint density at radius 2 is 1.67 bits per heavy atom. The minimum atomic E-state index is -3.81. The summed E-state index contributed by atoms with van der Waals surface area (Å²) in [5.74, 6) is 0.0353. The third kappa shape index (κ3) is 6.81. The van der Waals surface area contributed by atoms with Gasteiger partial charge in [-0.3, -0.25) is 13.9 Å². The van der Waals surface area contributed by atoms with Gasteiger partial charge >= 0.3 is 5.97 Å². The molecule has 0 spiro atoms. The minimum Gasteiger partial charge on any atom is -0.462 e. The largest absolute Gasteiger partial charge is 0.462 e. The Labute approximate surface area is 261 Å². The van der Waals surface area contributed by atoms with Gasteiger partial charge in [0.15, 0.2) is 0 Å². The number of anilines is 1. The number of nitrogens with one attached hydrogen (secondary N) is 1. The predicted octanol–water partition coefficient (Wildman–Crippen LogP) is 6.21. The van der Waals surface area contributed by atoms with Crippen molar-refractivity contribution in [1.82, 2.24) is 5.32 Å². The van der Waals surface area contributed by atoms with Crippen molar-refractivity contribution in [2.75, 3.05) is 30.8 Å². The van der Waals surface area contributed by atoms with Crippen LogP contribution in [0.25, 0.3) is 22.3 Å². The summed E-state index contributed by atoms with van der Waals surface area (Å²) in [5, 5.41) is 3.13. The molecule has 0 aliphatic carbocycles. The van der Waals surface area contributed by atoms with Crippen LogP contribution in [-0.2, 0) is 24.3 Å². The molecule has 0 fully saturated rings. The van der Waals surface area contributed by atoms with E-state index in [1.54, 1.807) is 64.1 Å². The van der Waals surface area contributed by atoms with Crippen LogP contribution in [0.4, 0.5) is 10.1 Å². The van der Waals surface area contributed by atoms with E-state index in [0.717, 1.165) is 6.26 Å². The van der Waals surface area contributed by atoms with Gasteiger partial charge in [0.25, 0.3) is 5.91 Å². The second-order valence-corrected chi connectivity index (χ2v) is 13.8. The van der Waals surface area contributed by atoms with E-state index in [-0.39, 0.29) is 30.3 Å². The number of benzene rings is 3. The molecule has 0 radical (unpaired) electrons. The number of amides is 1. The molecule has 5 rings (SSSR count). The number of carbonyl (C=O) groups excluding carboxylic acids is 2. The Morgan fingerprint density at radius 1 is 1.04 bits per heavy atom. The molecule has 45 heavy (non-hydrogen) atoms. The van der Waals surface area contributed by atoms with Gasteiger partial charge in [-0.15, -0.1) is 0 Å². The normalized spacial score (nSPS) is 17.0. The maximum absolute atomic E-state index is 13.3. The van der Waals surface area contributed by atoms with E-state index in [1.165, 1.54) is 35.6 Å². The maximum Gasteiger partial charge on any atom is 0.311 e.